The van der Waals surface area contributed by atoms with Crippen molar-refractivity contribution in [3.63, 3.8) is 0 Å². The minimum Gasteiger partial charge on any atom is -0.493 e. The summed E-state index contributed by atoms with van der Waals surface area (Å²) in [6.45, 7) is 6.28. The van der Waals surface area contributed by atoms with E-state index in [1.165, 1.54) is 0 Å². The molecule has 0 fully saturated rings. The largest absolute Gasteiger partial charge is 0.493 e. The molecule has 7 nitrogen and oxygen atoms in total. The van der Waals surface area contributed by atoms with Gasteiger partial charge in [-0.1, -0.05) is 44.2 Å². The van der Waals surface area contributed by atoms with Crippen LogP contribution in [0.5, 0.6) is 11.5 Å². The molecule has 0 aliphatic heterocycles. The van der Waals surface area contributed by atoms with Gasteiger partial charge in [-0.2, -0.15) is 0 Å². The number of thiocarbonyl (C=S) groups is 1. The lowest BCUT2D eigenvalue weighted by Gasteiger charge is -2.16. The summed E-state index contributed by atoms with van der Waals surface area (Å²) in [6.07, 6.45) is 0.967. The number of hydrogen-bond acceptors (Lipinski definition) is 5. The standard InChI is InChI=1S/C22H27N3O4S/c1-4-15(3)16-10-6-8-12-18(16)29-14-20(26)24-25-22(30)23-21(27)17-11-7-9-13-19(17)28-5-2/h6-13,15H,4-5,14H2,1-3H3,(H,24,26)(H2,23,25,27,30). The molecule has 0 aliphatic rings. The predicted octanol–water partition coefficient (Wildman–Crippen LogP) is 3.31. The van der Waals surface area contributed by atoms with Gasteiger partial charge in [-0.25, -0.2) is 0 Å². The minimum absolute atomic E-state index is 0.0420. The summed E-state index contributed by atoms with van der Waals surface area (Å²) in [5.74, 6) is 0.581. The average Bonchev–Trinajstić information content (AvgIpc) is 2.76. The van der Waals surface area contributed by atoms with E-state index < -0.39 is 11.8 Å². The van der Waals surface area contributed by atoms with E-state index in [1.54, 1.807) is 24.3 Å². The molecule has 2 aromatic carbocycles. The van der Waals surface area contributed by atoms with E-state index in [9.17, 15) is 9.59 Å². The van der Waals surface area contributed by atoms with E-state index in [0.29, 0.717) is 29.6 Å². The maximum Gasteiger partial charge on any atom is 0.276 e. The van der Waals surface area contributed by atoms with Gasteiger partial charge in [0.25, 0.3) is 11.8 Å². The topological polar surface area (TPSA) is 88.7 Å². The molecule has 8 heteroatoms. The SMILES string of the molecule is CCOc1ccccc1C(=O)NC(=S)NNC(=O)COc1ccccc1C(C)CC. The number of rotatable bonds is 8. The Labute approximate surface area is 182 Å². The molecule has 2 rings (SSSR count). The van der Waals surface area contributed by atoms with Gasteiger partial charge in [-0.15, -0.1) is 0 Å². The second-order valence-electron chi connectivity index (χ2n) is 6.52. The summed E-state index contributed by atoms with van der Waals surface area (Å²) in [5.41, 5.74) is 6.31. The summed E-state index contributed by atoms with van der Waals surface area (Å²) in [7, 11) is 0. The lowest BCUT2D eigenvalue weighted by molar-refractivity contribution is -0.123. The first-order valence-electron chi connectivity index (χ1n) is 9.79. The molecular weight excluding hydrogens is 402 g/mol. The number of carbonyl (C=O) groups is 2. The van der Waals surface area contributed by atoms with Gasteiger partial charge < -0.3 is 9.47 Å². The summed E-state index contributed by atoms with van der Waals surface area (Å²) in [4.78, 5) is 24.5. The van der Waals surface area contributed by atoms with Crippen LogP contribution in [0.3, 0.4) is 0 Å². The van der Waals surface area contributed by atoms with Crippen molar-refractivity contribution >= 4 is 29.1 Å². The molecule has 0 radical (unpaired) electrons. The number of ether oxygens (including phenoxy) is 2. The normalized spacial score (nSPS) is 11.2. The highest BCUT2D eigenvalue weighted by atomic mass is 32.1. The minimum atomic E-state index is -0.440. The molecule has 2 aromatic rings. The molecule has 0 saturated carbocycles. The van der Waals surface area contributed by atoms with E-state index in [4.69, 9.17) is 21.7 Å². The van der Waals surface area contributed by atoms with E-state index >= 15 is 0 Å². The van der Waals surface area contributed by atoms with Crippen LogP contribution >= 0.6 is 12.2 Å². The molecule has 0 saturated heterocycles. The number of amides is 2. The Hall–Kier alpha value is -3.13. The van der Waals surface area contributed by atoms with Crippen molar-refractivity contribution < 1.29 is 19.1 Å². The zero-order valence-electron chi connectivity index (χ0n) is 17.4. The van der Waals surface area contributed by atoms with Crippen LogP contribution in [-0.2, 0) is 4.79 Å². The van der Waals surface area contributed by atoms with Crippen LogP contribution in [0.1, 0.15) is 49.0 Å². The predicted molar refractivity (Wildman–Crippen MR) is 120 cm³/mol. The Kier molecular flexibility index (Phi) is 9.08. The van der Waals surface area contributed by atoms with Crippen molar-refractivity contribution in [1.29, 1.82) is 0 Å². The van der Waals surface area contributed by atoms with Crippen molar-refractivity contribution in [3.05, 3.63) is 59.7 Å². The lowest BCUT2D eigenvalue weighted by Crippen LogP contribution is -2.49. The Morgan fingerprint density at radius 3 is 2.33 bits per heavy atom. The fraction of sp³-hybridized carbons (Fsp3) is 0.318. The molecule has 0 heterocycles. The first-order chi connectivity index (χ1) is 14.5. The molecule has 0 bridgehead atoms. The van der Waals surface area contributed by atoms with Gasteiger partial charge in [0.1, 0.15) is 11.5 Å². The van der Waals surface area contributed by atoms with Gasteiger partial charge >= 0.3 is 0 Å². The van der Waals surface area contributed by atoms with Gasteiger partial charge in [-0.05, 0) is 55.2 Å². The summed E-state index contributed by atoms with van der Waals surface area (Å²) in [5, 5.41) is 2.46. The second kappa shape index (κ2) is 11.8. The molecule has 30 heavy (non-hydrogen) atoms. The van der Waals surface area contributed by atoms with Gasteiger partial charge in [0, 0.05) is 0 Å². The number of nitrogens with one attached hydrogen (secondary N) is 3. The maximum absolute atomic E-state index is 12.4. The van der Waals surface area contributed by atoms with E-state index in [-0.39, 0.29) is 11.7 Å². The maximum atomic E-state index is 12.4. The fourth-order valence-electron chi connectivity index (χ4n) is 2.68. The zero-order valence-corrected chi connectivity index (χ0v) is 18.2. The second-order valence-corrected chi connectivity index (χ2v) is 6.93. The first-order valence-corrected chi connectivity index (χ1v) is 10.2. The number of hydrogen-bond donors (Lipinski definition) is 3. The van der Waals surface area contributed by atoms with Crippen LogP contribution in [0.4, 0.5) is 0 Å². The lowest BCUT2D eigenvalue weighted by atomic mass is 9.98. The van der Waals surface area contributed by atoms with Crippen LogP contribution < -0.4 is 25.6 Å². The van der Waals surface area contributed by atoms with Crippen LogP contribution in [0.2, 0.25) is 0 Å². The van der Waals surface area contributed by atoms with Crippen LogP contribution in [-0.4, -0.2) is 30.1 Å². The smallest absolute Gasteiger partial charge is 0.276 e. The highest BCUT2D eigenvalue weighted by Crippen LogP contribution is 2.28. The average molecular weight is 430 g/mol. The van der Waals surface area contributed by atoms with E-state index in [2.05, 4.69) is 30.0 Å². The quantitative estimate of drug-likeness (QED) is 0.441. The van der Waals surface area contributed by atoms with Crippen molar-refractivity contribution in [2.75, 3.05) is 13.2 Å². The van der Waals surface area contributed by atoms with Gasteiger partial charge in [0.05, 0.1) is 12.2 Å². The van der Waals surface area contributed by atoms with Crippen molar-refractivity contribution in [3.8, 4) is 11.5 Å². The third-order valence-corrected chi connectivity index (χ3v) is 4.60. The highest BCUT2D eigenvalue weighted by molar-refractivity contribution is 7.80. The molecular formula is C22H27N3O4S. The highest BCUT2D eigenvalue weighted by Gasteiger charge is 2.14. The van der Waals surface area contributed by atoms with Crippen molar-refractivity contribution in [2.45, 2.75) is 33.1 Å². The molecule has 160 valence electrons. The Balaban J connectivity index is 1.83. The molecule has 3 N–H and O–H groups in total. The third-order valence-electron chi connectivity index (χ3n) is 4.40. The van der Waals surface area contributed by atoms with Gasteiger partial charge in [0.2, 0.25) is 0 Å². The van der Waals surface area contributed by atoms with Crippen LogP contribution in [0.25, 0.3) is 0 Å². The summed E-state index contributed by atoms with van der Waals surface area (Å²) >= 11 is 5.07. The Morgan fingerprint density at radius 1 is 0.967 bits per heavy atom. The molecule has 2 amide bonds. The molecule has 1 atom stereocenters. The van der Waals surface area contributed by atoms with Crippen LogP contribution in [0.15, 0.2) is 48.5 Å². The van der Waals surface area contributed by atoms with Crippen LogP contribution in [0, 0.1) is 0 Å². The van der Waals surface area contributed by atoms with Gasteiger partial charge in [-0.3, -0.25) is 25.8 Å². The monoisotopic (exact) mass is 429 g/mol. The van der Waals surface area contributed by atoms with E-state index in [1.807, 2.05) is 31.2 Å². The Bertz CT molecular complexity index is 888. The summed E-state index contributed by atoms with van der Waals surface area (Å²) < 4.78 is 11.1. The van der Waals surface area contributed by atoms with E-state index in [0.717, 1.165) is 12.0 Å². The van der Waals surface area contributed by atoms with Crippen molar-refractivity contribution in [1.82, 2.24) is 16.2 Å². The zero-order chi connectivity index (χ0) is 21.9. The third kappa shape index (κ3) is 6.73. The van der Waals surface area contributed by atoms with Gasteiger partial charge in [0.15, 0.2) is 11.7 Å². The Morgan fingerprint density at radius 2 is 1.63 bits per heavy atom. The molecule has 0 aliphatic carbocycles. The first kappa shape index (κ1) is 23.2. The number of carbonyl (C=O) groups excluding carboxylic acids is 2. The summed E-state index contributed by atoms with van der Waals surface area (Å²) in [6, 6.07) is 14.5. The molecule has 0 spiro atoms. The number of para-hydroxylation sites is 2. The number of hydrazine groups is 1. The molecule has 1 unspecified atom stereocenters. The fourth-order valence-corrected chi connectivity index (χ4v) is 2.83. The van der Waals surface area contributed by atoms with Crippen molar-refractivity contribution in [2.24, 2.45) is 0 Å². The molecule has 0 aromatic heterocycles. The number of benzene rings is 2.